The number of carbonyl (C=O) groups is 1. The molecule has 0 radical (unpaired) electrons. The van der Waals surface area contributed by atoms with Gasteiger partial charge in [0.15, 0.2) is 5.82 Å². The lowest BCUT2D eigenvalue weighted by molar-refractivity contribution is -0.121. The minimum absolute atomic E-state index is 0.0127. The van der Waals surface area contributed by atoms with Crippen LogP contribution >= 0.6 is 11.6 Å². The summed E-state index contributed by atoms with van der Waals surface area (Å²) in [5.41, 5.74) is 0. The zero-order valence-electron chi connectivity index (χ0n) is 14.9. The number of aromatic nitrogens is 3. The van der Waals surface area contributed by atoms with Crippen LogP contribution in [0.15, 0.2) is 22.9 Å². The zero-order chi connectivity index (χ0) is 18.4. The second-order valence-electron chi connectivity index (χ2n) is 6.63. The molecule has 2 aromatic rings. The van der Waals surface area contributed by atoms with Gasteiger partial charge in [0.05, 0.1) is 17.5 Å². The van der Waals surface area contributed by atoms with Crippen LogP contribution in [-0.4, -0.2) is 39.0 Å². The van der Waals surface area contributed by atoms with Crippen molar-refractivity contribution in [3.05, 3.63) is 35.1 Å². The molecule has 0 aromatic carbocycles. The number of hydrogen-bond acceptors (Lipinski definition) is 6. The minimum atomic E-state index is -0.0762. The fourth-order valence-electron chi connectivity index (χ4n) is 3.08. The molecule has 1 aliphatic rings. The molecule has 1 aliphatic heterocycles. The summed E-state index contributed by atoms with van der Waals surface area (Å²) in [5, 5.41) is 7.47. The van der Waals surface area contributed by atoms with Gasteiger partial charge in [-0.05, 0) is 37.9 Å². The standard InChI is InChI=1S/C18H24ClN5O2/c1-2-3-6-17-21-16(23-26-17)12-24-9-4-5-13(11-24)18(25)22-15-8-7-14(19)10-20-15/h7-8,10,13H,2-6,9,11-12H2,1H3,(H,20,22,25). The maximum atomic E-state index is 12.5. The number of piperidine rings is 1. The van der Waals surface area contributed by atoms with E-state index in [4.69, 9.17) is 16.1 Å². The van der Waals surface area contributed by atoms with Gasteiger partial charge in [0.1, 0.15) is 5.82 Å². The molecule has 3 rings (SSSR count). The van der Waals surface area contributed by atoms with Crippen molar-refractivity contribution >= 4 is 23.3 Å². The molecule has 26 heavy (non-hydrogen) atoms. The van der Waals surface area contributed by atoms with Crippen molar-refractivity contribution in [3.8, 4) is 0 Å². The minimum Gasteiger partial charge on any atom is -0.339 e. The fraction of sp³-hybridized carbons (Fsp3) is 0.556. The monoisotopic (exact) mass is 377 g/mol. The van der Waals surface area contributed by atoms with Crippen molar-refractivity contribution in [2.75, 3.05) is 18.4 Å². The SMILES string of the molecule is CCCCc1nc(CN2CCCC(C(=O)Nc3ccc(Cl)cn3)C2)no1. The second kappa shape index (κ2) is 9.09. The van der Waals surface area contributed by atoms with Gasteiger partial charge in [-0.1, -0.05) is 30.1 Å². The summed E-state index contributed by atoms with van der Waals surface area (Å²) >= 11 is 5.82. The number of aryl methyl sites for hydroxylation is 1. The third-order valence-corrected chi connectivity index (χ3v) is 4.70. The number of halogens is 1. The van der Waals surface area contributed by atoms with Crippen LogP contribution < -0.4 is 5.32 Å². The van der Waals surface area contributed by atoms with Gasteiger partial charge in [-0.2, -0.15) is 4.98 Å². The van der Waals surface area contributed by atoms with Crippen molar-refractivity contribution in [3.63, 3.8) is 0 Å². The maximum absolute atomic E-state index is 12.5. The van der Waals surface area contributed by atoms with Crippen LogP contribution in [0.25, 0.3) is 0 Å². The van der Waals surface area contributed by atoms with E-state index in [1.54, 1.807) is 12.1 Å². The highest BCUT2D eigenvalue weighted by atomic mass is 35.5. The van der Waals surface area contributed by atoms with Gasteiger partial charge in [-0.3, -0.25) is 9.69 Å². The molecule has 1 atom stereocenters. The largest absolute Gasteiger partial charge is 0.339 e. The van der Waals surface area contributed by atoms with Crippen molar-refractivity contribution < 1.29 is 9.32 Å². The van der Waals surface area contributed by atoms with E-state index in [9.17, 15) is 4.79 Å². The van der Waals surface area contributed by atoms with Crippen molar-refractivity contribution in [2.24, 2.45) is 5.92 Å². The van der Waals surface area contributed by atoms with Gasteiger partial charge < -0.3 is 9.84 Å². The maximum Gasteiger partial charge on any atom is 0.229 e. The number of rotatable bonds is 7. The Morgan fingerprint density at radius 1 is 1.46 bits per heavy atom. The van der Waals surface area contributed by atoms with Crippen LogP contribution in [0.4, 0.5) is 5.82 Å². The third-order valence-electron chi connectivity index (χ3n) is 4.47. The number of nitrogens with zero attached hydrogens (tertiary/aromatic N) is 4. The van der Waals surface area contributed by atoms with Crippen molar-refractivity contribution in [2.45, 2.75) is 45.6 Å². The number of amides is 1. The van der Waals surface area contributed by atoms with E-state index in [-0.39, 0.29) is 11.8 Å². The van der Waals surface area contributed by atoms with Crippen LogP contribution in [0.5, 0.6) is 0 Å². The highest BCUT2D eigenvalue weighted by molar-refractivity contribution is 6.30. The van der Waals surface area contributed by atoms with E-state index in [1.165, 1.54) is 6.20 Å². The van der Waals surface area contributed by atoms with E-state index in [2.05, 4.69) is 32.3 Å². The van der Waals surface area contributed by atoms with Crippen LogP contribution in [-0.2, 0) is 17.8 Å². The fourth-order valence-corrected chi connectivity index (χ4v) is 3.19. The first kappa shape index (κ1) is 18.8. The van der Waals surface area contributed by atoms with Gasteiger partial charge in [-0.15, -0.1) is 0 Å². The van der Waals surface area contributed by atoms with Crippen molar-refractivity contribution in [1.29, 1.82) is 0 Å². The molecule has 140 valence electrons. The number of carbonyl (C=O) groups excluding carboxylic acids is 1. The predicted octanol–water partition coefficient (Wildman–Crippen LogP) is 3.31. The Bertz CT molecular complexity index is 719. The zero-order valence-corrected chi connectivity index (χ0v) is 15.7. The van der Waals surface area contributed by atoms with Gasteiger partial charge in [0.25, 0.3) is 0 Å². The van der Waals surface area contributed by atoms with E-state index in [0.29, 0.717) is 35.6 Å². The smallest absolute Gasteiger partial charge is 0.229 e. The van der Waals surface area contributed by atoms with Crippen LogP contribution in [0, 0.1) is 5.92 Å². The number of nitrogens with one attached hydrogen (secondary N) is 1. The molecule has 0 aliphatic carbocycles. The Labute approximate surface area is 158 Å². The summed E-state index contributed by atoms with van der Waals surface area (Å²) in [7, 11) is 0. The summed E-state index contributed by atoms with van der Waals surface area (Å²) in [4.78, 5) is 23.3. The van der Waals surface area contributed by atoms with Gasteiger partial charge in [-0.25, -0.2) is 4.98 Å². The Kier molecular flexibility index (Phi) is 6.57. The van der Waals surface area contributed by atoms with Crippen LogP contribution in [0.1, 0.15) is 44.3 Å². The van der Waals surface area contributed by atoms with Gasteiger partial charge in [0, 0.05) is 19.2 Å². The quantitative estimate of drug-likeness (QED) is 0.796. The average Bonchev–Trinajstić information content (AvgIpc) is 3.09. The topological polar surface area (TPSA) is 84.2 Å². The predicted molar refractivity (Wildman–Crippen MR) is 98.8 cm³/mol. The number of hydrogen-bond donors (Lipinski definition) is 1. The number of likely N-dealkylation sites (tertiary alicyclic amines) is 1. The lowest BCUT2D eigenvalue weighted by Gasteiger charge is -2.30. The van der Waals surface area contributed by atoms with E-state index in [1.807, 2.05) is 0 Å². The number of unbranched alkanes of at least 4 members (excludes halogenated alkanes) is 1. The second-order valence-corrected chi connectivity index (χ2v) is 7.07. The Balaban J connectivity index is 1.52. The highest BCUT2D eigenvalue weighted by Gasteiger charge is 2.27. The highest BCUT2D eigenvalue weighted by Crippen LogP contribution is 2.20. The molecule has 8 heteroatoms. The molecule has 3 heterocycles. The Hall–Kier alpha value is -1.99. The number of anilines is 1. The van der Waals surface area contributed by atoms with Gasteiger partial charge in [0.2, 0.25) is 11.8 Å². The summed E-state index contributed by atoms with van der Waals surface area (Å²) < 4.78 is 5.29. The summed E-state index contributed by atoms with van der Waals surface area (Å²) in [6.07, 6.45) is 6.32. The number of pyridine rings is 1. The third kappa shape index (κ3) is 5.25. The Morgan fingerprint density at radius 2 is 2.35 bits per heavy atom. The van der Waals surface area contributed by atoms with Crippen LogP contribution in [0.2, 0.25) is 5.02 Å². The molecule has 1 unspecified atom stereocenters. The van der Waals surface area contributed by atoms with E-state index in [0.717, 1.165) is 38.6 Å². The molecular weight excluding hydrogens is 354 g/mol. The summed E-state index contributed by atoms with van der Waals surface area (Å²) in [6.45, 7) is 4.36. The first-order valence-electron chi connectivity index (χ1n) is 9.10. The first-order chi connectivity index (χ1) is 12.6. The lowest BCUT2D eigenvalue weighted by atomic mass is 9.97. The molecule has 1 N–H and O–H groups in total. The molecule has 7 nitrogen and oxygen atoms in total. The molecule has 2 aromatic heterocycles. The Morgan fingerprint density at radius 3 is 3.12 bits per heavy atom. The molecule has 1 saturated heterocycles. The van der Waals surface area contributed by atoms with E-state index >= 15 is 0 Å². The summed E-state index contributed by atoms with van der Waals surface area (Å²) in [6, 6.07) is 3.42. The van der Waals surface area contributed by atoms with Gasteiger partial charge >= 0.3 is 0 Å². The van der Waals surface area contributed by atoms with Crippen LogP contribution in [0.3, 0.4) is 0 Å². The molecule has 1 amide bonds. The first-order valence-corrected chi connectivity index (χ1v) is 9.48. The molecular formula is C18H24ClN5O2. The summed E-state index contributed by atoms with van der Waals surface area (Å²) in [5.74, 6) is 1.82. The molecule has 0 spiro atoms. The molecule has 0 bridgehead atoms. The molecule has 1 fully saturated rings. The van der Waals surface area contributed by atoms with Crippen molar-refractivity contribution in [1.82, 2.24) is 20.0 Å². The molecule has 0 saturated carbocycles. The normalized spacial score (nSPS) is 18.0. The van der Waals surface area contributed by atoms with E-state index < -0.39 is 0 Å². The average molecular weight is 378 g/mol. The lowest BCUT2D eigenvalue weighted by Crippen LogP contribution is -2.40.